The molecule has 0 fully saturated rings. The quantitative estimate of drug-likeness (QED) is 0.786. The third-order valence-electron chi connectivity index (χ3n) is 2.18. The molecule has 4 nitrogen and oxygen atoms in total. The number of hydrogen-bond donors (Lipinski definition) is 0. The normalized spacial score (nSPS) is 10.0. The van der Waals surface area contributed by atoms with Crippen LogP contribution in [0, 0.1) is 19.3 Å². The minimum Gasteiger partial charge on any atom is -0.481 e. The van der Waals surface area contributed by atoms with E-state index in [9.17, 15) is 0 Å². The molecule has 22 heavy (non-hydrogen) atoms. The molecular formula is C18H31N3O. The minimum atomic E-state index is 0.500. The maximum atomic E-state index is 5.00. The van der Waals surface area contributed by atoms with Crippen LogP contribution in [0.3, 0.4) is 0 Å². The SMILES string of the molecule is CC.CC(C)(C)C.COc1ccc(-n2nc(C)cc2C)cn1. The van der Waals surface area contributed by atoms with E-state index >= 15 is 0 Å². The highest BCUT2D eigenvalue weighted by Crippen LogP contribution is 2.13. The van der Waals surface area contributed by atoms with Crippen LogP contribution in [0.5, 0.6) is 5.88 Å². The largest absolute Gasteiger partial charge is 0.481 e. The summed E-state index contributed by atoms with van der Waals surface area (Å²) in [4.78, 5) is 4.14. The standard InChI is InChI=1S/C11H13N3O.C5H12.C2H6/c1-8-6-9(2)14(13-8)10-4-5-11(15-3)12-7-10;1-5(2,3)4;1-2/h4-7H,1-3H3;1-4H3;1-2H3. The Labute approximate surface area is 135 Å². The third-order valence-corrected chi connectivity index (χ3v) is 2.18. The van der Waals surface area contributed by atoms with Crippen LogP contribution in [0.1, 0.15) is 52.9 Å². The Balaban J connectivity index is 0.000000540. The molecule has 0 spiro atoms. The first kappa shape index (κ1) is 20.2. The van der Waals surface area contributed by atoms with Gasteiger partial charge in [0.25, 0.3) is 0 Å². The second-order valence-corrected chi connectivity index (χ2v) is 6.40. The van der Waals surface area contributed by atoms with Crippen LogP contribution >= 0.6 is 0 Å². The molecule has 0 saturated carbocycles. The second-order valence-electron chi connectivity index (χ2n) is 6.40. The maximum Gasteiger partial charge on any atom is 0.213 e. The first-order valence-corrected chi connectivity index (χ1v) is 7.74. The fraction of sp³-hybridized carbons (Fsp3) is 0.556. The zero-order chi connectivity index (χ0) is 17.3. The van der Waals surface area contributed by atoms with Gasteiger partial charge in [-0.15, -0.1) is 0 Å². The Morgan fingerprint density at radius 2 is 1.59 bits per heavy atom. The van der Waals surface area contributed by atoms with Gasteiger partial charge in [-0.3, -0.25) is 0 Å². The molecular weight excluding hydrogens is 274 g/mol. The molecule has 0 bridgehead atoms. The first-order chi connectivity index (χ1) is 10.2. The zero-order valence-corrected chi connectivity index (χ0v) is 15.6. The highest BCUT2D eigenvalue weighted by Gasteiger charge is 2.03. The molecule has 0 aliphatic carbocycles. The lowest BCUT2D eigenvalue weighted by molar-refractivity contribution is 0.397. The lowest BCUT2D eigenvalue weighted by Crippen LogP contribution is -1.99. The maximum absolute atomic E-state index is 5.00. The topological polar surface area (TPSA) is 39.9 Å². The molecule has 0 aliphatic heterocycles. The fourth-order valence-electron chi connectivity index (χ4n) is 1.51. The molecule has 0 radical (unpaired) electrons. The van der Waals surface area contributed by atoms with E-state index in [2.05, 4.69) is 37.8 Å². The molecule has 2 heterocycles. The molecule has 0 amide bonds. The minimum absolute atomic E-state index is 0.500. The number of methoxy groups -OCH3 is 1. The van der Waals surface area contributed by atoms with Crippen LogP contribution in [0.25, 0.3) is 5.69 Å². The summed E-state index contributed by atoms with van der Waals surface area (Å²) in [6.45, 7) is 16.7. The van der Waals surface area contributed by atoms with E-state index in [1.165, 1.54) is 0 Å². The number of nitrogens with zero attached hydrogens (tertiary/aromatic N) is 3. The number of aryl methyl sites for hydroxylation is 2. The summed E-state index contributed by atoms with van der Waals surface area (Å²) >= 11 is 0. The lowest BCUT2D eigenvalue weighted by Gasteiger charge is -2.05. The second kappa shape index (κ2) is 9.23. The van der Waals surface area contributed by atoms with Gasteiger partial charge in [0.2, 0.25) is 5.88 Å². The average molecular weight is 305 g/mol. The van der Waals surface area contributed by atoms with E-state index in [0.717, 1.165) is 17.1 Å². The average Bonchev–Trinajstić information content (AvgIpc) is 2.78. The monoisotopic (exact) mass is 305 g/mol. The van der Waals surface area contributed by atoms with Crippen molar-refractivity contribution in [1.29, 1.82) is 0 Å². The van der Waals surface area contributed by atoms with Crippen molar-refractivity contribution in [3.8, 4) is 11.6 Å². The zero-order valence-electron chi connectivity index (χ0n) is 15.6. The van der Waals surface area contributed by atoms with Gasteiger partial charge in [-0.25, -0.2) is 9.67 Å². The van der Waals surface area contributed by atoms with Crippen molar-refractivity contribution >= 4 is 0 Å². The summed E-state index contributed by atoms with van der Waals surface area (Å²) in [6.07, 6.45) is 1.75. The van der Waals surface area contributed by atoms with Gasteiger partial charge in [0.05, 0.1) is 24.7 Å². The van der Waals surface area contributed by atoms with Crippen LogP contribution in [-0.4, -0.2) is 21.9 Å². The Morgan fingerprint density at radius 3 is 1.91 bits per heavy atom. The van der Waals surface area contributed by atoms with Crippen LogP contribution in [0.2, 0.25) is 0 Å². The molecule has 2 rings (SSSR count). The summed E-state index contributed by atoms with van der Waals surface area (Å²) in [5.41, 5.74) is 3.55. The molecule has 0 saturated heterocycles. The van der Waals surface area contributed by atoms with Crippen LogP contribution < -0.4 is 4.74 Å². The smallest absolute Gasteiger partial charge is 0.213 e. The molecule has 0 aromatic carbocycles. The van der Waals surface area contributed by atoms with Crippen LogP contribution in [0.15, 0.2) is 24.4 Å². The van der Waals surface area contributed by atoms with Crippen molar-refractivity contribution in [2.24, 2.45) is 5.41 Å². The van der Waals surface area contributed by atoms with Crippen molar-refractivity contribution < 1.29 is 4.74 Å². The van der Waals surface area contributed by atoms with Gasteiger partial charge in [0.15, 0.2) is 0 Å². The number of rotatable bonds is 2. The first-order valence-electron chi connectivity index (χ1n) is 7.74. The van der Waals surface area contributed by atoms with Crippen molar-refractivity contribution in [2.45, 2.75) is 55.4 Å². The number of hydrogen-bond acceptors (Lipinski definition) is 3. The number of aromatic nitrogens is 3. The number of pyridine rings is 1. The number of ether oxygens (including phenoxy) is 1. The highest BCUT2D eigenvalue weighted by atomic mass is 16.5. The molecule has 0 N–H and O–H groups in total. The highest BCUT2D eigenvalue weighted by molar-refractivity contribution is 5.32. The van der Waals surface area contributed by atoms with E-state index in [1.807, 2.05) is 50.6 Å². The summed E-state index contributed by atoms with van der Waals surface area (Å²) < 4.78 is 6.86. The van der Waals surface area contributed by atoms with E-state index in [4.69, 9.17) is 4.74 Å². The molecule has 2 aromatic rings. The van der Waals surface area contributed by atoms with E-state index in [0.29, 0.717) is 11.3 Å². The summed E-state index contributed by atoms with van der Waals surface area (Å²) in [7, 11) is 1.60. The Morgan fingerprint density at radius 1 is 1.05 bits per heavy atom. The predicted octanol–water partition coefficient (Wildman–Crippen LogP) is 4.97. The van der Waals surface area contributed by atoms with Gasteiger partial charge in [-0.05, 0) is 31.4 Å². The van der Waals surface area contributed by atoms with E-state index in [-0.39, 0.29) is 0 Å². The Hall–Kier alpha value is -1.84. The molecule has 2 aromatic heterocycles. The van der Waals surface area contributed by atoms with Gasteiger partial charge < -0.3 is 4.74 Å². The van der Waals surface area contributed by atoms with E-state index in [1.54, 1.807) is 13.3 Å². The molecule has 4 heteroatoms. The van der Waals surface area contributed by atoms with Crippen LogP contribution in [0.4, 0.5) is 0 Å². The Kier molecular flexibility index (Phi) is 8.46. The van der Waals surface area contributed by atoms with Crippen LogP contribution in [-0.2, 0) is 0 Å². The van der Waals surface area contributed by atoms with Crippen molar-refractivity contribution in [3.05, 3.63) is 35.8 Å². The Bertz CT molecular complexity index is 530. The van der Waals surface area contributed by atoms with Crippen molar-refractivity contribution in [3.63, 3.8) is 0 Å². The van der Waals surface area contributed by atoms with Gasteiger partial charge in [0.1, 0.15) is 0 Å². The summed E-state index contributed by atoms with van der Waals surface area (Å²) in [5.74, 6) is 0.611. The molecule has 124 valence electrons. The van der Waals surface area contributed by atoms with E-state index < -0.39 is 0 Å². The van der Waals surface area contributed by atoms with Gasteiger partial charge >= 0.3 is 0 Å². The summed E-state index contributed by atoms with van der Waals surface area (Å²) in [6, 6.07) is 5.79. The van der Waals surface area contributed by atoms with Crippen molar-refractivity contribution in [2.75, 3.05) is 7.11 Å². The lowest BCUT2D eigenvalue weighted by atomic mass is 10.0. The predicted molar refractivity (Wildman–Crippen MR) is 93.9 cm³/mol. The summed E-state index contributed by atoms with van der Waals surface area (Å²) in [5, 5.41) is 4.37. The van der Waals surface area contributed by atoms with Gasteiger partial charge in [0, 0.05) is 11.8 Å². The molecule has 0 atom stereocenters. The molecule has 0 unspecified atom stereocenters. The van der Waals surface area contributed by atoms with Gasteiger partial charge in [-0.2, -0.15) is 5.10 Å². The fourth-order valence-corrected chi connectivity index (χ4v) is 1.51. The third kappa shape index (κ3) is 7.81. The van der Waals surface area contributed by atoms with Gasteiger partial charge in [-0.1, -0.05) is 41.5 Å². The molecule has 0 aliphatic rings. The van der Waals surface area contributed by atoms with Crippen molar-refractivity contribution in [1.82, 2.24) is 14.8 Å².